The molecule has 1 N–H and O–H groups in total. The van der Waals surface area contributed by atoms with E-state index in [4.69, 9.17) is 16.0 Å². The molecule has 1 aromatic heterocycles. The van der Waals surface area contributed by atoms with E-state index in [1.54, 1.807) is 36.4 Å². The molecule has 0 bridgehead atoms. The molecule has 3 aromatic rings. The molecule has 3 rings (SSSR count). The van der Waals surface area contributed by atoms with E-state index in [0.717, 1.165) is 0 Å². The molecule has 4 nitrogen and oxygen atoms in total. The molecule has 0 aliphatic carbocycles. The van der Waals surface area contributed by atoms with Crippen molar-refractivity contribution in [2.75, 3.05) is 0 Å². The predicted molar refractivity (Wildman–Crippen MR) is 84.5 cm³/mol. The summed E-state index contributed by atoms with van der Waals surface area (Å²) in [5.74, 6) is -0.417. The van der Waals surface area contributed by atoms with Crippen molar-refractivity contribution in [3.8, 4) is 11.3 Å². The zero-order chi connectivity index (χ0) is 16.2. The molecule has 0 spiro atoms. The Labute approximate surface area is 136 Å². The van der Waals surface area contributed by atoms with Crippen molar-refractivity contribution in [1.29, 1.82) is 0 Å². The smallest absolute Gasteiger partial charge is 0.274 e. The topological polar surface area (TPSA) is 55.1 Å². The van der Waals surface area contributed by atoms with Crippen LogP contribution >= 0.6 is 11.6 Å². The fourth-order valence-electron chi connectivity index (χ4n) is 2.16. The number of carbonyl (C=O) groups is 1. The lowest BCUT2D eigenvalue weighted by molar-refractivity contribution is 0.0946. The standard InChI is InChI=1S/C17H12ClFN2O2/c18-13-5-2-4-12(8-13)16-15(21-10-23-16)17(22)20-9-11-3-1-6-14(19)7-11/h1-8,10H,9H2,(H,20,22). The maximum Gasteiger partial charge on any atom is 0.274 e. The van der Waals surface area contributed by atoms with E-state index in [2.05, 4.69) is 10.3 Å². The first-order valence-corrected chi connectivity index (χ1v) is 7.23. The number of oxazole rings is 1. The first-order valence-electron chi connectivity index (χ1n) is 6.85. The quantitative estimate of drug-likeness (QED) is 0.784. The number of hydrogen-bond donors (Lipinski definition) is 1. The lowest BCUT2D eigenvalue weighted by atomic mass is 10.1. The number of benzene rings is 2. The molecule has 6 heteroatoms. The normalized spacial score (nSPS) is 10.5. The first kappa shape index (κ1) is 15.2. The van der Waals surface area contributed by atoms with Gasteiger partial charge in [-0.2, -0.15) is 0 Å². The van der Waals surface area contributed by atoms with Gasteiger partial charge in [-0.15, -0.1) is 0 Å². The van der Waals surface area contributed by atoms with E-state index >= 15 is 0 Å². The van der Waals surface area contributed by atoms with E-state index < -0.39 is 5.91 Å². The number of rotatable bonds is 4. The summed E-state index contributed by atoms with van der Waals surface area (Å²) in [6, 6.07) is 13.0. The van der Waals surface area contributed by atoms with Gasteiger partial charge in [0.25, 0.3) is 5.91 Å². The van der Waals surface area contributed by atoms with Crippen LogP contribution in [0.25, 0.3) is 11.3 Å². The van der Waals surface area contributed by atoms with Crippen molar-refractivity contribution in [2.24, 2.45) is 0 Å². The third-order valence-corrected chi connectivity index (χ3v) is 3.45. The first-order chi connectivity index (χ1) is 11.1. The van der Waals surface area contributed by atoms with Gasteiger partial charge in [-0.3, -0.25) is 4.79 Å². The van der Waals surface area contributed by atoms with Crippen LogP contribution in [0.2, 0.25) is 5.02 Å². The highest BCUT2D eigenvalue weighted by Crippen LogP contribution is 2.25. The Kier molecular flexibility index (Phi) is 4.39. The van der Waals surface area contributed by atoms with E-state index in [-0.39, 0.29) is 18.1 Å². The third-order valence-electron chi connectivity index (χ3n) is 3.21. The largest absolute Gasteiger partial charge is 0.443 e. The van der Waals surface area contributed by atoms with Gasteiger partial charge in [-0.25, -0.2) is 9.37 Å². The average molecular weight is 331 g/mol. The number of amides is 1. The van der Waals surface area contributed by atoms with E-state index in [1.807, 2.05) is 0 Å². The molecule has 0 aliphatic heterocycles. The Morgan fingerprint density at radius 3 is 2.83 bits per heavy atom. The van der Waals surface area contributed by atoms with Crippen LogP contribution in [-0.2, 0) is 6.54 Å². The summed E-state index contributed by atoms with van der Waals surface area (Å²) in [6.07, 6.45) is 1.20. The van der Waals surface area contributed by atoms with Gasteiger partial charge >= 0.3 is 0 Å². The lowest BCUT2D eigenvalue weighted by Crippen LogP contribution is -2.23. The number of carbonyl (C=O) groups excluding carboxylic acids is 1. The summed E-state index contributed by atoms with van der Waals surface area (Å²) in [4.78, 5) is 16.2. The van der Waals surface area contributed by atoms with Crippen molar-refractivity contribution in [2.45, 2.75) is 6.54 Å². The van der Waals surface area contributed by atoms with Crippen molar-refractivity contribution in [3.63, 3.8) is 0 Å². The zero-order valence-electron chi connectivity index (χ0n) is 11.9. The molecule has 116 valence electrons. The number of nitrogens with zero attached hydrogens (tertiary/aromatic N) is 1. The molecule has 0 unspecified atom stereocenters. The molecule has 23 heavy (non-hydrogen) atoms. The van der Waals surface area contributed by atoms with Gasteiger partial charge in [0.2, 0.25) is 0 Å². The minimum Gasteiger partial charge on any atom is -0.443 e. The summed E-state index contributed by atoms with van der Waals surface area (Å²) >= 11 is 5.95. The Bertz CT molecular complexity index is 848. The Hall–Kier alpha value is -2.66. The van der Waals surface area contributed by atoms with Crippen LogP contribution in [-0.4, -0.2) is 10.9 Å². The van der Waals surface area contributed by atoms with Crippen LogP contribution < -0.4 is 5.32 Å². The molecule has 1 amide bonds. The second kappa shape index (κ2) is 6.62. The highest BCUT2D eigenvalue weighted by atomic mass is 35.5. The third kappa shape index (κ3) is 3.57. The highest BCUT2D eigenvalue weighted by Gasteiger charge is 2.18. The number of nitrogens with one attached hydrogen (secondary N) is 1. The second-order valence-electron chi connectivity index (χ2n) is 4.85. The summed E-state index contributed by atoms with van der Waals surface area (Å²) in [6.45, 7) is 0.193. The fraction of sp³-hybridized carbons (Fsp3) is 0.0588. The maximum atomic E-state index is 13.1. The summed E-state index contributed by atoms with van der Waals surface area (Å²) in [5, 5.41) is 3.22. The maximum absolute atomic E-state index is 13.1. The molecule has 0 aliphatic rings. The van der Waals surface area contributed by atoms with E-state index in [1.165, 1.54) is 18.5 Å². The molecule has 0 atom stereocenters. The Morgan fingerprint density at radius 2 is 2.04 bits per heavy atom. The van der Waals surface area contributed by atoms with Crippen molar-refractivity contribution in [1.82, 2.24) is 10.3 Å². The molecule has 0 fully saturated rings. The molecule has 2 aromatic carbocycles. The second-order valence-corrected chi connectivity index (χ2v) is 5.29. The van der Waals surface area contributed by atoms with Gasteiger partial charge in [0.1, 0.15) is 5.82 Å². The average Bonchev–Trinajstić information content (AvgIpc) is 3.02. The molecular weight excluding hydrogens is 319 g/mol. The number of halogens is 2. The molecule has 1 heterocycles. The van der Waals surface area contributed by atoms with Crippen molar-refractivity contribution >= 4 is 17.5 Å². The monoisotopic (exact) mass is 330 g/mol. The minimum absolute atomic E-state index is 0.156. The molecule has 0 saturated heterocycles. The van der Waals surface area contributed by atoms with Crippen LogP contribution in [0.4, 0.5) is 4.39 Å². The minimum atomic E-state index is -0.405. The van der Waals surface area contributed by atoms with Crippen molar-refractivity contribution < 1.29 is 13.6 Å². The summed E-state index contributed by atoms with van der Waals surface area (Å²) in [5.41, 5.74) is 1.47. The van der Waals surface area contributed by atoms with Gasteiger partial charge in [0, 0.05) is 17.1 Å². The molecular formula is C17H12ClFN2O2. The Balaban J connectivity index is 1.77. The van der Waals surface area contributed by atoms with Gasteiger partial charge in [-0.1, -0.05) is 35.9 Å². The van der Waals surface area contributed by atoms with Crippen LogP contribution in [0, 0.1) is 5.82 Å². The molecule has 0 saturated carbocycles. The predicted octanol–water partition coefficient (Wildman–Crippen LogP) is 4.06. The van der Waals surface area contributed by atoms with E-state index in [0.29, 0.717) is 21.9 Å². The number of hydrogen-bond acceptors (Lipinski definition) is 3. The van der Waals surface area contributed by atoms with Gasteiger partial charge in [0.15, 0.2) is 17.8 Å². The highest BCUT2D eigenvalue weighted by molar-refractivity contribution is 6.30. The van der Waals surface area contributed by atoms with E-state index in [9.17, 15) is 9.18 Å². The fourth-order valence-corrected chi connectivity index (χ4v) is 2.35. The van der Waals surface area contributed by atoms with Crippen LogP contribution in [0.15, 0.2) is 59.3 Å². The number of aromatic nitrogens is 1. The SMILES string of the molecule is O=C(NCc1cccc(F)c1)c1ncoc1-c1cccc(Cl)c1. The van der Waals surface area contributed by atoms with Crippen LogP contribution in [0.3, 0.4) is 0 Å². The molecule has 0 radical (unpaired) electrons. The Morgan fingerprint density at radius 1 is 1.22 bits per heavy atom. The van der Waals surface area contributed by atoms with Crippen molar-refractivity contribution in [3.05, 3.63) is 77.0 Å². The lowest BCUT2D eigenvalue weighted by Gasteiger charge is -2.05. The van der Waals surface area contributed by atoms with Gasteiger partial charge in [-0.05, 0) is 29.8 Å². The zero-order valence-corrected chi connectivity index (χ0v) is 12.7. The summed E-state index contributed by atoms with van der Waals surface area (Å²) in [7, 11) is 0. The summed E-state index contributed by atoms with van der Waals surface area (Å²) < 4.78 is 18.4. The van der Waals surface area contributed by atoms with Gasteiger partial charge in [0.05, 0.1) is 0 Å². The van der Waals surface area contributed by atoms with Crippen LogP contribution in [0.1, 0.15) is 16.1 Å². The van der Waals surface area contributed by atoms with Gasteiger partial charge < -0.3 is 9.73 Å². The van der Waals surface area contributed by atoms with Crippen LogP contribution in [0.5, 0.6) is 0 Å².